The number of hydrogen-bond acceptors (Lipinski definition) is 4. The van der Waals surface area contributed by atoms with E-state index in [1.54, 1.807) is 38.1 Å². The van der Waals surface area contributed by atoms with Crippen molar-refractivity contribution in [3.63, 3.8) is 0 Å². The fourth-order valence-corrected chi connectivity index (χ4v) is 4.59. The molecule has 0 spiro atoms. The highest BCUT2D eigenvalue weighted by atomic mass is 35.5. The lowest BCUT2D eigenvalue weighted by Gasteiger charge is -2.31. The van der Waals surface area contributed by atoms with Gasteiger partial charge in [0.25, 0.3) is 0 Å². The van der Waals surface area contributed by atoms with Crippen molar-refractivity contribution in [2.24, 2.45) is 0 Å². The van der Waals surface area contributed by atoms with Crippen LogP contribution in [0.15, 0.2) is 42.5 Å². The molecule has 0 saturated heterocycles. The topological polar surface area (TPSA) is 86.8 Å². The molecule has 2 amide bonds. The van der Waals surface area contributed by atoms with Gasteiger partial charge >= 0.3 is 0 Å². The Labute approximate surface area is 203 Å². The number of nitrogens with zero attached hydrogens (tertiary/aromatic N) is 2. The summed E-state index contributed by atoms with van der Waals surface area (Å²) in [6.45, 7) is 3.25. The third kappa shape index (κ3) is 7.27. The van der Waals surface area contributed by atoms with Crippen LogP contribution in [0.4, 0.5) is 5.69 Å². The maximum absolute atomic E-state index is 13.3. The minimum Gasteiger partial charge on any atom is -0.355 e. The van der Waals surface area contributed by atoms with E-state index in [2.05, 4.69) is 5.32 Å². The highest BCUT2D eigenvalue weighted by Crippen LogP contribution is 2.27. The van der Waals surface area contributed by atoms with E-state index in [4.69, 9.17) is 34.8 Å². The van der Waals surface area contributed by atoms with E-state index in [1.165, 1.54) is 23.1 Å². The molecule has 32 heavy (non-hydrogen) atoms. The van der Waals surface area contributed by atoms with E-state index < -0.39 is 28.5 Å². The molecule has 174 valence electrons. The summed E-state index contributed by atoms with van der Waals surface area (Å²) in [5, 5.41) is 3.61. The zero-order chi connectivity index (χ0) is 24.1. The van der Waals surface area contributed by atoms with Crippen LogP contribution in [-0.2, 0) is 26.2 Å². The summed E-state index contributed by atoms with van der Waals surface area (Å²) in [5.74, 6) is -0.940. The van der Waals surface area contributed by atoms with E-state index >= 15 is 0 Å². The van der Waals surface area contributed by atoms with Crippen LogP contribution in [0.1, 0.15) is 19.4 Å². The van der Waals surface area contributed by atoms with Gasteiger partial charge in [0.05, 0.1) is 11.9 Å². The van der Waals surface area contributed by atoms with Crippen LogP contribution in [0.2, 0.25) is 15.1 Å². The minimum absolute atomic E-state index is 0.0611. The second-order valence-electron chi connectivity index (χ2n) is 7.12. The minimum atomic E-state index is -3.87. The predicted octanol–water partition coefficient (Wildman–Crippen LogP) is 3.97. The molecular formula is C21H24Cl3N3O4S. The fraction of sp³-hybridized carbons (Fsp3) is 0.333. The van der Waals surface area contributed by atoms with Crippen molar-refractivity contribution in [1.82, 2.24) is 10.2 Å². The van der Waals surface area contributed by atoms with Gasteiger partial charge in [-0.1, -0.05) is 46.9 Å². The van der Waals surface area contributed by atoms with E-state index in [0.29, 0.717) is 17.1 Å². The van der Waals surface area contributed by atoms with Crippen molar-refractivity contribution in [3.05, 3.63) is 63.1 Å². The number of carbonyl (C=O) groups excluding carboxylic acids is 2. The highest BCUT2D eigenvalue weighted by Gasteiger charge is 2.30. The number of amides is 2. The molecule has 0 aliphatic carbocycles. The monoisotopic (exact) mass is 519 g/mol. The fourth-order valence-electron chi connectivity index (χ4n) is 3.03. The summed E-state index contributed by atoms with van der Waals surface area (Å²) < 4.78 is 25.9. The van der Waals surface area contributed by atoms with Crippen molar-refractivity contribution in [2.75, 3.05) is 23.7 Å². The maximum atomic E-state index is 13.3. The third-order valence-corrected chi connectivity index (χ3v) is 6.39. The van der Waals surface area contributed by atoms with Gasteiger partial charge < -0.3 is 10.2 Å². The lowest BCUT2D eigenvalue weighted by molar-refractivity contribution is -0.139. The van der Waals surface area contributed by atoms with Crippen LogP contribution in [0, 0.1) is 0 Å². The first-order valence-electron chi connectivity index (χ1n) is 9.67. The molecule has 1 atom stereocenters. The lowest BCUT2D eigenvalue weighted by atomic mass is 10.1. The van der Waals surface area contributed by atoms with Gasteiger partial charge in [0, 0.05) is 28.2 Å². The number of likely N-dealkylation sites (N-methyl/N-ethyl adjacent to an activating group) is 1. The van der Waals surface area contributed by atoms with Crippen LogP contribution in [-0.4, -0.2) is 50.5 Å². The molecule has 0 saturated carbocycles. The summed E-state index contributed by atoms with van der Waals surface area (Å²) in [7, 11) is -3.87. The van der Waals surface area contributed by atoms with E-state index in [0.717, 1.165) is 10.6 Å². The molecule has 11 heteroatoms. The Morgan fingerprint density at radius 2 is 1.66 bits per heavy atom. The standard InChI is InChI=1S/C21H24Cl3N3O4S/c1-4-25-21(29)14(2)26(12-15-6-5-7-16(22)8-15)20(28)13-27(32(3,30)31)19-10-17(23)9-18(24)11-19/h5-11,14H,4,12-13H2,1-3H3,(H,25,29)/t14-/m0/s1. The first kappa shape index (κ1) is 26.3. The Kier molecular flexibility index (Phi) is 9.21. The Balaban J connectivity index is 2.42. The Morgan fingerprint density at radius 3 is 2.19 bits per heavy atom. The number of sulfonamides is 1. The SMILES string of the molecule is CCNC(=O)[C@H](C)N(Cc1cccc(Cl)c1)C(=O)CN(c1cc(Cl)cc(Cl)c1)S(C)(=O)=O. The molecule has 2 aromatic rings. The molecule has 0 aliphatic heterocycles. The van der Waals surface area contributed by atoms with Crippen LogP contribution in [0.5, 0.6) is 0 Å². The molecule has 0 unspecified atom stereocenters. The van der Waals surface area contributed by atoms with Gasteiger partial charge in [0.2, 0.25) is 21.8 Å². The van der Waals surface area contributed by atoms with Crippen LogP contribution in [0.25, 0.3) is 0 Å². The highest BCUT2D eigenvalue weighted by molar-refractivity contribution is 7.92. The third-order valence-electron chi connectivity index (χ3n) is 4.57. The molecule has 2 aromatic carbocycles. The summed E-state index contributed by atoms with van der Waals surface area (Å²) in [4.78, 5) is 27.1. The van der Waals surface area contributed by atoms with E-state index in [9.17, 15) is 18.0 Å². The average Bonchev–Trinajstić information content (AvgIpc) is 2.68. The summed E-state index contributed by atoms with van der Waals surface area (Å²) in [5.41, 5.74) is 0.838. The molecule has 0 aliphatic rings. The van der Waals surface area contributed by atoms with E-state index in [1.807, 2.05) is 0 Å². The number of rotatable bonds is 9. The van der Waals surface area contributed by atoms with E-state index in [-0.39, 0.29) is 28.2 Å². The quantitative estimate of drug-likeness (QED) is 0.542. The number of halogens is 3. The van der Waals surface area contributed by atoms with Gasteiger partial charge in [-0.25, -0.2) is 8.42 Å². The molecule has 1 N–H and O–H groups in total. The first-order valence-corrected chi connectivity index (χ1v) is 12.7. The van der Waals surface area contributed by atoms with Gasteiger partial charge in [-0.05, 0) is 49.7 Å². The summed E-state index contributed by atoms with van der Waals surface area (Å²) >= 11 is 18.1. The molecule has 2 rings (SSSR count). The maximum Gasteiger partial charge on any atom is 0.244 e. The van der Waals surface area contributed by atoms with Gasteiger partial charge in [-0.2, -0.15) is 0 Å². The normalized spacial score (nSPS) is 12.2. The number of anilines is 1. The Bertz CT molecular complexity index is 1080. The predicted molar refractivity (Wildman–Crippen MR) is 129 cm³/mol. The number of carbonyl (C=O) groups is 2. The van der Waals surface area contributed by atoms with Crippen molar-refractivity contribution in [2.45, 2.75) is 26.4 Å². The van der Waals surface area contributed by atoms with Crippen LogP contribution < -0.4 is 9.62 Å². The zero-order valence-corrected chi connectivity index (χ0v) is 20.9. The zero-order valence-electron chi connectivity index (χ0n) is 17.8. The average molecular weight is 521 g/mol. The lowest BCUT2D eigenvalue weighted by Crippen LogP contribution is -2.51. The molecule has 0 heterocycles. The summed E-state index contributed by atoms with van der Waals surface area (Å²) in [6, 6.07) is 10.3. The van der Waals surface area contributed by atoms with Crippen molar-refractivity contribution in [1.29, 1.82) is 0 Å². The van der Waals surface area contributed by atoms with Gasteiger partial charge in [-0.3, -0.25) is 13.9 Å². The van der Waals surface area contributed by atoms with Crippen molar-refractivity contribution in [3.8, 4) is 0 Å². The molecule has 0 aromatic heterocycles. The van der Waals surface area contributed by atoms with Gasteiger partial charge in [-0.15, -0.1) is 0 Å². The number of benzene rings is 2. The number of nitrogens with one attached hydrogen (secondary N) is 1. The van der Waals surface area contributed by atoms with Crippen LogP contribution >= 0.6 is 34.8 Å². The van der Waals surface area contributed by atoms with Crippen LogP contribution in [0.3, 0.4) is 0 Å². The summed E-state index contributed by atoms with van der Waals surface area (Å²) in [6.07, 6.45) is 0.976. The Morgan fingerprint density at radius 1 is 1.03 bits per heavy atom. The second-order valence-corrected chi connectivity index (χ2v) is 10.3. The van der Waals surface area contributed by atoms with Gasteiger partial charge in [0.1, 0.15) is 12.6 Å². The molecule has 7 nitrogen and oxygen atoms in total. The second kappa shape index (κ2) is 11.2. The number of hydrogen-bond donors (Lipinski definition) is 1. The first-order chi connectivity index (χ1) is 14.9. The molecular weight excluding hydrogens is 497 g/mol. The van der Waals surface area contributed by atoms with Crippen molar-refractivity contribution >= 4 is 62.3 Å². The Hall–Kier alpha value is -2.00. The van der Waals surface area contributed by atoms with Crippen molar-refractivity contribution < 1.29 is 18.0 Å². The molecule has 0 fully saturated rings. The molecule has 0 bridgehead atoms. The molecule has 0 radical (unpaired) electrons. The smallest absolute Gasteiger partial charge is 0.244 e. The largest absolute Gasteiger partial charge is 0.355 e. The van der Waals surface area contributed by atoms with Gasteiger partial charge in [0.15, 0.2) is 0 Å².